The van der Waals surface area contributed by atoms with Crippen LogP contribution in [0.3, 0.4) is 0 Å². The lowest BCUT2D eigenvalue weighted by Crippen LogP contribution is -2.34. The van der Waals surface area contributed by atoms with Crippen LogP contribution in [0.15, 0.2) is 17.0 Å². The molecule has 0 saturated carbocycles. The van der Waals surface area contributed by atoms with Crippen molar-refractivity contribution in [3.05, 3.63) is 32.7 Å². The number of carbonyl (C=O) groups excluding carboxylic acids is 3. The Labute approximate surface area is 157 Å². The molecule has 0 N–H and O–H groups in total. The molecule has 0 aromatic heterocycles. The fraction of sp³-hybridized carbons (Fsp3) is 0.312. The van der Waals surface area contributed by atoms with Crippen LogP contribution in [-0.2, 0) is 14.3 Å². The average molecular weight is 395 g/mol. The molecule has 1 aliphatic heterocycles. The van der Waals surface area contributed by atoms with Crippen LogP contribution in [0.25, 0.3) is 6.08 Å². The molecule has 0 unspecified atom stereocenters. The van der Waals surface area contributed by atoms with E-state index in [9.17, 15) is 29.6 Å². The highest BCUT2D eigenvalue weighted by Gasteiger charge is 2.36. The van der Waals surface area contributed by atoms with Crippen molar-refractivity contribution < 1.29 is 33.9 Å². The summed E-state index contributed by atoms with van der Waals surface area (Å²) in [5.74, 6) is -2.57. The van der Waals surface area contributed by atoms with E-state index in [4.69, 9.17) is 9.47 Å². The smallest absolute Gasteiger partial charge is 0.326 e. The first kappa shape index (κ1) is 20.2. The minimum absolute atomic E-state index is 0.0420. The number of hydrogen-bond donors (Lipinski definition) is 0. The maximum atomic E-state index is 12.3. The number of nitro benzene ring substituents is 1. The largest absolute Gasteiger partial charge is 0.865 e. The van der Waals surface area contributed by atoms with Gasteiger partial charge in [0.15, 0.2) is 0 Å². The number of nitro groups is 1. The average Bonchev–Trinajstić information content (AvgIpc) is 2.85. The zero-order chi connectivity index (χ0) is 20.1. The molecule has 1 aromatic rings. The molecular weight excluding hydrogens is 380 g/mol. The van der Waals surface area contributed by atoms with E-state index in [1.54, 1.807) is 13.8 Å². The maximum absolute atomic E-state index is 12.3. The third kappa shape index (κ3) is 4.56. The van der Waals surface area contributed by atoms with E-state index in [1.165, 1.54) is 12.1 Å². The second-order valence-corrected chi connectivity index (χ2v) is 6.12. The van der Waals surface area contributed by atoms with Gasteiger partial charge in [0.2, 0.25) is 0 Å². The number of amides is 2. The van der Waals surface area contributed by atoms with Crippen molar-refractivity contribution >= 4 is 40.6 Å². The van der Waals surface area contributed by atoms with E-state index >= 15 is 0 Å². The maximum Gasteiger partial charge on any atom is 0.326 e. The minimum Gasteiger partial charge on any atom is -0.865 e. The number of imide groups is 1. The molecule has 1 saturated heterocycles. The van der Waals surface area contributed by atoms with E-state index in [1.807, 2.05) is 0 Å². The van der Waals surface area contributed by atoms with Gasteiger partial charge in [0.1, 0.15) is 12.3 Å². The van der Waals surface area contributed by atoms with E-state index in [2.05, 4.69) is 0 Å². The Bertz CT molecular complexity index is 836. The summed E-state index contributed by atoms with van der Waals surface area (Å²) in [7, 11) is 0. The number of ether oxygens (including phenoxy) is 2. The SMILES string of the molecule is CCOC(=O)CN1C(=O)S/C(=C\c2cc(OCC)c([O-])c([N+](=O)[O-])c2)C1=O. The summed E-state index contributed by atoms with van der Waals surface area (Å²) in [4.78, 5) is 46.7. The molecule has 1 heterocycles. The Kier molecular flexibility index (Phi) is 6.40. The van der Waals surface area contributed by atoms with Gasteiger partial charge in [-0.3, -0.25) is 29.4 Å². The zero-order valence-electron chi connectivity index (χ0n) is 14.4. The molecule has 2 rings (SSSR count). The number of benzene rings is 1. The highest BCUT2D eigenvalue weighted by Crippen LogP contribution is 2.37. The van der Waals surface area contributed by atoms with Crippen molar-refractivity contribution in [2.45, 2.75) is 13.8 Å². The number of rotatable bonds is 7. The highest BCUT2D eigenvalue weighted by molar-refractivity contribution is 8.18. The second kappa shape index (κ2) is 8.54. The molecule has 1 aliphatic rings. The summed E-state index contributed by atoms with van der Waals surface area (Å²) in [6.45, 7) is 2.90. The summed E-state index contributed by atoms with van der Waals surface area (Å²) >= 11 is 0.576. The van der Waals surface area contributed by atoms with Gasteiger partial charge < -0.3 is 14.6 Å². The van der Waals surface area contributed by atoms with Gasteiger partial charge in [0, 0.05) is 11.8 Å². The highest BCUT2D eigenvalue weighted by atomic mass is 32.2. The molecule has 1 fully saturated rings. The van der Waals surface area contributed by atoms with Gasteiger partial charge in [-0.1, -0.05) is 0 Å². The molecule has 0 spiro atoms. The van der Waals surface area contributed by atoms with Gasteiger partial charge in [-0.2, -0.15) is 0 Å². The first-order chi connectivity index (χ1) is 12.8. The fourth-order valence-electron chi connectivity index (χ4n) is 2.21. The zero-order valence-corrected chi connectivity index (χ0v) is 15.2. The standard InChI is InChI=1S/C16H16N2O8S/c1-3-25-11-6-9(5-10(14(11)20)18(23)24)7-12-15(21)17(16(22)27-12)8-13(19)26-4-2/h5-7,20H,3-4,8H2,1-2H3/p-1/b12-7-. The molecule has 0 aliphatic carbocycles. The summed E-state index contributed by atoms with van der Waals surface area (Å²) < 4.78 is 9.82. The molecule has 11 heteroatoms. The Morgan fingerprint density at radius 1 is 1.30 bits per heavy atom. The van der Waals surface area contributed by atoms with Crippen LogP contribution in [0.2, 0.25) is 0 Å². The van der Waals surface area contributed by atoms with E-state index in [0.29, 0.717) is 16.7 Å². The minimum atomic E-state index is -0.880. The van der Waals surface area contributed by atoms with Crippen LogP contribution in [-0.4, -0.2) is 46.7 Å². The Balaban J connectivity index is 2.35. The molecule has 0 radical (unpaired) electrons. The van der Waals surface area contributed by atoms with E-state index in [-0.39, 0.29) is 29.4 Å². The predicted octanol–water partition coefficient (Wildman–Crippen LogP) is 1.67. The van der Waals surface area contributed by atoms with Crippen LogP contribution in [0, 0.1) is 10.1 Å². The van der Waals surface area contributed by atoms with Crippen LogP contribution in [0.1, 0.15) is 19.4 Å². The summed E-state index contributed by atoms with van der Waals surface area (Å²) in [5.41, 5.74) is -0.565. The molecule has 2 amide bonds. The quantitative estimate of drug-likeness (QED) is 0.292. The van der Waals surface area contributed by atoms with E-state index < -0.39 is 40.0 Å². The summed E-state index contributed by atoms with van der Waals surface area (Å²) in [6.07, 6.45) is 1.23. The summed E-state index contributed by atoms with van der Waals surface area (Å²) in [6, 6.07) is 2.24. The lowest BCUT2D eigenvalue weighted by Gasteiger charge is -2.14. The molecule has 0 bridgehead atoms. The first-order valence-electron chi connectivity index (χ1n) is 7.81. The molecule has 27 heavy (non-hydrogen) atoms. The lowest BCUT2D eigenvalue weighted by atomic mass is 10.1. The van der Waals surface area contributed by atoms with Crippen LogP contribution < -0.4 is 9.84 Å². The third-order valence-electron chi connectivity index (χ3n) is 3.32. The lowest BCUT2D eigenvalue weighted by molar-refractivity contribution is -0.398. The van der Waals surface area contributed by atoms with Crippen LogP contribution >= 0.6 is 11.8 Å². The Morgan fingerprint density at radius 2 is 2.00 bits per heavy atom. The number of carbonyl (C=O) groups is 3. The number of esters is 1. The Hall–Kier alpha value is -3.08. The van der Waals surface area contributed by atoms with E-state index in [0.717, 1.165) is 6.07 Å². The van der Waals surface area contributed by atoms with Crippen molar-refractivity contribution in [1.29, 1.82) is 0 Å². The third-order valence-corrected chi connectivity index (χ3v) is 4.23. The number of thioether (sulfide) groups is 1. The monoisotopic (exact) mass is 395 g/mol. The van der Waals surface area contributed by atoms with Crippen LogP contribution in [0.4, 0.5) is 10.5 Å². The Morgan fingerprint density at radius 3 is 2.59 bits per heavy atom. The van der Waals surface area contributed by atoms with Gasteiger partial charge in [-0.25, -0.2) is 0 Å². The van der Waals surface area contributed by atoms with Crippen molar-refractivity contribution in [1.82, 2.24) is 4.90 Å². The molecule has 144 valence electrons. The van der Waals surface area contributed by atoms with Gasteiger partial charge >= 0.3 is 5.97 Å². The van der Waals surface area contributed by atoms with Gasteiger partial charge in [-0.05, 0) is 43.3 Å². The van der Waals surface area contributed by atoms with Gasteiger partial charge in [0.25, 0.3) is 16.8 Å². The molecule has 1 aromatic carbocycles. The normalized spacial score (nSPS) is 15.3. The van der Waals surface area contributed by atoms with Gasteiger partial charge in [-0.15, -0.1) is 0 Å². The molecular formula is C16H15N2O8S-. The van der Waals surface area contributed by atoms with Crippen molar-refractivity contribution in [3.8, 4) is 11.5 Å². The topological polar surface area (TPSA) is 139 Å². The van der Waals surface area contributed by atoms with Crippen molar-refractivity contribution in [2.24, 2.45) is 0 Å². The summed E-state index contributed by atoms with van der Waals surface area (Å²) in [5, 5.41) is 22.4. The molecule has 10 nitrogen and oxygen atoms in total. The number of nitrogens with zero attached hydrogens (tertiary/aromatic N) is 2. The fourth-order valence-corrected chi connectivity index (χ4v) is 3.05. The van der Waals surface area contributed by atoms with Crippen molar-refractivity contribution in [2.75, 3.05) is 19.8 Å². The predicted molar refractivity (Wildman–Crippen MR) is 93.0 cm³/mol. The van der Waals surface area contributed by atoms with Gasteiger partial charge in [0.05, 0.1) is 23.0 Å². The van der Waals surface area contributed by atoms with Crippen molar-refractivity contribution in [3.63, 3.8) is 0 Å². The number of hydrogen-bond acceptors (Lipinski definition) is 9. The second-order valence-electron chi connectivity index (χ2n) is 5.13. The molecule has 0 atom stereocenters. The first-order valence-corrected chi connectivity index (χ1v) is 8.63. The van der Waals surface area contributed by atoms with Crippen LogP contribution in [0.5, 0.6) is 11.5 Å².